The Balaban J connectivity index is 2.69. The van der Waals surface area contributed by atoms with Gasteiger partial charge in [-0.3, -0.25) is 4.98 Å². The van der Waals surface area contributed by atoms with Gasteiger partial charge < -0.3 is 10.4 Å². The Morgan fingerprint density at radius 2 is 2.20 bits per heavy atom. The van der Waals surface area contributed by atoms with E-state index in [1.165, 1.54) is 0 Å². The summed E-state index contributed by atoms with van der Waals surface area (Å²) in [5.41, 5.74) is 2.25. The molecule has 0 aromatic carbocycles. The zero-order valence-electron chi connectivity index (χ0n) is 9.70. The molecule has 0 saturated carbocycles. The molecule has 1 unspecified atom stereocenters. The number of aliphatic hydroxyl groups is 1. The molecule has 0 radical (unpaired) electrons. The molecule has 1 aromatic heterocycles. The van der Waals surface area contributed by atoms with E-state index in [1.807, 2.05) is 19.2 Å². The van der Waals surface area contributed by atoms with Crippen molar-refractivity contribution < 1.29 is 5.11 Å². The number of aromatic nitrogens is 1. The van der Waals surface area contributed by atoms with E-state index >= 15 is 0 Å². The number of hydrogen-bond acceptors (Lipinski definition) is 3. The van der Waals surface area contributed by atoms with Crippen LogP contribution in [0.4, 0.5) is 5.69 Å². The maximum atomic E-state index is 8.98. The Morgan fingerprint density at radius 1 is 1.47 bits per heavy atom. The topological polar surface area (TPSA) is 45.2 Å². The summed E-state index contributed by atoms with van der Waals surface area (Å²) in [6, 6.07) is 2.29. The third-order valence-electron chi connectivity index (χ3n) is 2.61. The summed E-state index contributed by atoms with van der Waals surface area (Å²) in [5.74, 6) is 0.504. The Kier molecular flexibility index (Phi) is 4.56. The van der Waals surface area contributed by atoms with Gasteiger partial charge in [0, 0.05) is 30.7 Å². The molecular formula is C12H20N2O. The smallest absolute Gasteiger partial charge is 0.0450 e. The maximum absolute atomic E-state index is 8.98. The molecule has 1 rings (SSSR count). The van der Waals surface area contributed by atoms with Gasteiger partial charge in [-0.1, -0.05) is 13.8 Å². The van der Waals surface area contributed by atoms with Crippen molar-refractivity contribution in [3.8, 4) is 0 Å². The number of pyridine rings is 1. The van der Waals surface area contributed by atoms with E-state index in [0.29, 0.717) is 12.0 Å². The van der Waals surface area contributed by atoms with E-state index in [-0.39, 0.29) is 6.61 Å². The molecule has 0 aliphatic heterocycles. The maximum Gasteiger partial charge on any atom is 0.0450 e. The first-order valence-electron chi connectivity index (χ1n) is 5.43. The van der Waals surface area contributed by atoms with Crippen molar-refractivity contribution in [1.82, 2.24) is 4.98 Å². The summed E-state index contributed by atoms with van der Waals surface area (Å²) in [4.78, 5) is 4.05. The van der Waals surface area contributed by atoms with Crippen molar-refractivity contribution in [3.63, 3.8) is 0 Å². The summed E-state index contributed by atoms with van der Waals surface area (Å²) in [6.45, 7) is 6.57. The molecule has 84 valence electrons. The van der Waals surface area contributed by atoms with Crippen molar-refractivity contribution >= 4 is 5.69 Å². The molecule has 0 amide bonds. The van der Waals surface area contributed by atoms with Crippen molar-refractivity contribution in [2.24, 2.45) is 5.92 Å². The van der Waals surface area contributed by atoms with Crippen LogP contribution in [0.25, 0.3) is 0 Å². The fourth-order valence-corrected chi connectivity index (χ4v) is 1.55. The van der Waals surface area contributed by atoms with Gasteiger partial charge in [0.2, 0.25) is 0 Å². The first-order chi connectivity index (χ1) is 7.15. The molecule has 2 N–H and O–H groups in total. The van der Waals surface area contributed by atoms with Gasteiger partial charge >= 0.3 is 0 Å². The van der Waals surface area contributed by atoms with Crippen LogP contribution in [0, 0.1) is 12.8 Å². The minimum atomic E-state index is 0.222. The first kappa shape index (κ1) is 12.0. The minimum absolute atomic E-state index is 0.222. The van der Waals surface area contributed by atoms with Crippen molar-refractivity contribution in [2.45, 2.75) is 33.2 Å². The van der Waals surface area contributed by atoms with Crippen LogP contribution >= 0.6 is 0 Å². The van der Waals surface area contributed by atoms with Crippen molar-refractivity contribution in [2.75, 3.05) is 11.9 Å². The third kappa shape index (κ3) is 3.51. The number of rotatable bonds is 5. The van der Waals surface area contributed by atoms with Gasteiger partial charge in [0.05, 0.1) is 0 Å². The summed E-state index contributed by atoms with van der Waals surface area (Å²) in [7, 11) is 0. The van der Waals surface area contributed by atoms with E-state index in [1.54, 1.807) is 6.20 Å². The van der Waals surface area contributed by atoms with E-state index in [9.17, 15) is 0 Å². The Morgan fingerprint density at radius 3 is 2.73 bits per heavy atom. The summed E-state index contributed by atoms with van der Waals surface area (Å²) >= 11 is 0. The number of aliphatic hydroxyl groups excluding tert-OH is 1. The van der Waals surface area contributed by atoms with E-state index in [4.69, 9.17) is 5.11 Å². The zero-order valence-corrected chi connectivity index (χ0v) is 9.70. The lowest BCUT2D eigenvalue weighted by Crippen LogP contribution is -2.27. The van der Waals surface area contributed by atoms with Crippen molar-refractivity contribution in [1.29, 1.82) is 0 Å². The predicted molar refractivity (Wildman–Crippen MR) is 62.9 cm³/mol. The monoisotopic (exact) mass is 208 g/mol. The second-order valence-electron chi connectivity index (χ2n) is 4.20. The van der Waals surface area contributed by atoms with Crippen LogP contribution in [-0.2, 0) is 0 Å². The number of hydrogen-bond donors (Lipinski definition) is 2. The van der Waals surface area contributed by atoms with E-state index in [0.717, 1.165) is 17.7 Å². The Hall–Kier alpha value is -1.09. The normalized spacial score (nSPS) is 12.9. The molecular weight excluding hydrogens is 188 g/mol. The highest BCUT2D eigenvalue weighted by molar-refractivity contribution is 5.49. The van der Waals surface area contributed by atoms with Crippen LogP contribution in [0.2, 0.25) is 0 Å². The molecule has 3 nitrogen and oxygen atoms in total. The van der Waals surface area contributed by atoms with Gasteiger partial charge in [0.1, 0.15) is 0 Å². The lowest BCUT2D eigenvalue weighted by Gasteiger charge is -2.23. The molecule has 3 heteroatoms. The van der Waals surface area contributed by atoms with Crippen LogP contribution in [0.15, 0.2) is 18.5 Å². The van der Waals surface area contributed by atoms with E-state index < -0.39 is 0 Å². The molecule has 0 fully saturated rings. The minimum Gasteiger partial charge on any atom is -0.396 e. The summed E-state index contributed by atoms with van der Waals surface area (Å²) in [5, 5.41) is 12.4. The third-order valence-corrected chi connectivity index (χ3v) is 2.61. The van der Waals surface area contributed by atoms with Crippen LogP contribution in [0.1, 0.15) is 25.8 Å². The molecule has 1 aromatic rings. The fraction of sp³-hybridized carbons (Fsp3) is 0.583. The van der Waals surface area contributed by atoms with Gasteiger partial charge in [0.15, 0.2) is 0 Å². The largest absolute Gasteiger partial charge is 0.396 e. The van der Waals surface area contributed by atoms with Crippen LogP contribution in [0.5, 0.6) is 0 Å². The lowest BCUT2D eigenvalue weighted by molar-refractivity contribution is 0.267. The van der Waals surface area contributed by atoms with E-state index in [2.05, 4.69) is 24.1 Å². The van der Waals surface area contributed by atoms with Gasteiger partial charge in [-0.15, -0.1) is 0 Å². The quantitative estimate of drug-likeness (QED) is 0.779. The number of nitrogens with zero attached hydrogens (tertiary/aromatic N) is 1. The SMILES string of the molecule is Cc1cnccc1NC(CCO)C(C)C. The molecule has 0 aliphatic carbocycles. The molecule has 0 aliphatic rings. The van der Waals surface area contributed by atoms with Crippen LogP contribution in [-0.4, -0.2) is 22.7 Å². The number of nitrogens with one attached hydrogen (secondary N) is 1. The molecule has 1 atom stereocenters. The van der Waals surface area contributed by atoms with Crippen LogP contribution < -0.4 is 5.32 Å². The average Bonchev–Trinajstić information content (AvgIpc) is 2.20. The fourth-order valence-electron chi connectivity index (χ4n) is 1.55. The lowest BCUT2D eigenvalue weighted by atomic mass is 10.0. The number of anilines is 1. The standard InChI is InChI=1S/C12H20N2O/c1-9(2)11(5-7-15)14-12-4-6-13-8-10(12)3/h4,6,8-9,11,15H,5,7H2,1-3H3,(H,13,14). The Labute approximate surface area is 91.5 Å². The second-order valence-corrected chi connectivity index (χ2v) is 4.20. The molecule has 0 saturated heterocycles. The molecule has 15 heavy (non-hydrogen) atoms. The second kappa shape index (κ2) is 5.71. The highest BCUT2D eigenvalue weighted by Gasteiger charge is 2.12. The van der Waals surface area contributed by atoms with Crippen LogP contribution in [0.3, 0.4) is 0 Å². The number of aryl methyl sites for hydroxylation is 1. The molecule has 1 heterocycles. The summed E-state index contributed by atoms with van der Waals surface area (Å²) in [6.07, 6.45) is 4.41. The zero-order chi connectivity index (χ0) is 11.3. The first-order valence-corrected chi connectivity index (χ1v) is 5.43. The average molecular weight is 208 g/mol. The molecule has 0 bridgehead atoms. The summed E-state index contributed by atoms with van der Waals surface area (Å²) < 4.78 is 0. The van der Waals surface area contributed by atoms with Gasteiger partial charge in [-0.05, 0) is 30.9 Å². The van der Waals surface area contributed by atoms with Gasteiger partial charge in [0.25, 0.3) is 0 Å². The highest BCUT2D eigenvalue weighted by atomic mass is 16.3. The highest BCUT2D eigenvalue weighted by Crippen LogP contribution is 2.17. The van der Waals surface area contributed by atoms with Gasteiger partial charge in [-0.2, -0.15) is 0 Å². The molecule has 0 spiro atoms. The van der Waals surface area contributed by atoms with Crippen molar-refractivity contribution in [3.05, 3.63) is 24.0 Å². The Bertz CT molecular complexity index is 299. The van der Waals surface area contributed by atoms with Gasteiger partial charge in [-0.25, -0.2) is 0 Å². The predicted octanol–water partition coefficient (Wildman–Crippen LogP) is 2.21.